The fraction of sp³-hybridized carbons (Fsp3) is 0.472. The van der Waals surface area contributed by atoms with Gasteiger partial charge in [-0.15, -0.1) is 7.05 Å². The number of primary amides is 1. The van der Waals surface area contributed by atoms with Crippen LogP contribution in [0.5, 0.6) is 0 Å². The van der Waals surface area contributed by atoms with Crippen molar-refractivity contribution in [1.82, 2.24) is 26.2 Å². The van der Waals surface area contributed by atoms with E-state index in [1.807, 2.05) is 55.5 Å². The van der Waals surface area contributed by atoms with Crippen molar-refractivity contribution in [2.45, 2.75) is 82.5 Å². The number of benzene rings is 2. The van der Waals surface area contributed by atoms with Crippen LogP contribution < -0.4 is 38.5 Å². The molecule has 2 aromatic rings. The molecule has 10 N–H and O–H groups in total. The molecule has 1 aliphatic carbocycles. The summed E-state index contributed by atoms with van der Waals surface area (Å²) in [6.45, 7) is 3.99. The van der Waals surface area contributed by atoms with Crippen molar-refractivity contribution in [2.75, 3.05) is 27.7 Å². The van der Waals surface area contributed by atoms with Crippen LogP contribution in [0.1, 0.15) is 54.9 Å². The summed E-state index contributed by atoms with van der Waals surface area (Å²) in [6, 6.07) is 11.5. The topological polar surface area (TPSA) is 258 Å². The number of rotatable bonds is 15. The van der Waals surface area contributed by atoms with E-state index in [0.717, 1.165) is 28.7 Å². The zero-order valence-corrected chi connectivity index (χ0v) is 33.9. The average Bonchev–Trinajstić information content (AvgIpc) is 3.12. The van der Waals surface area contributed by atoms with E-state index in [0.29, 0.717) is 25.7 Å². The Hall–Kier alpha value is -4.57. The number of guanidine groups is 1. The zero-order valence-electron chi connectivity index (χ0n) is 31.1. The number of aliphatic imine (C=N–C) groups is 1. The molecular weight excluding hydrogens is 757 g/mol. The molecule has 0 saturated carbocycles. The predicted molar refractivity (Wildman–Crippen MR) is 198 cm³/mol. The second-order valence-corrected chi connectivity index (χ2v) is 12.5. The summed E-state index contributed by atoms with van der Waals surface area (Å²) in [5.74, 6) is -2.18. The van der Waals surface area contributed by atoms with E-state index < -0.39 is 53.3 Å². The standard InChI is InChI=1S/C35H51N9O5.CH2NO.Y/c1-6-28(30(46)38-3)44(5)31(47)26(16-11-19-40-33(36)37)41-29(45)27(20-23-13-8-7-9-14-23)42-32(48)35(43-34(49)39-4)18-17-25-22(2)12-10-15-24(25)21-35;2-1-3;/h7-10,12-15,26-28H,6,11,16-21H2,1-5H3,(H9,36,37,38,39,40,41,42,43,45,46,48,49);(H2,2,3);/q;-1;/p-1/t26-,27+,28-,35?;;/m0../s1. The van der Waals surface area contributed by atoms with Gasteiger partial charge < -0.3 is 58.3 Å². The van der Waals surface area contributed by atoms with E-state index in [1.54, 1.807) is 6.92 Å². The number of hydrogen-bond donors (Lipinski definition) is 7. The summed E-state index contributed by atoms with van der Waals surface area (Å²) in [4.78, 5) is 81.2. The maximum atomic E-state index is 14.3. The Bertz CT molecular complexity index is 1570. The van der Waals surface area contributed by atoms with Gasteiger partial charge >= 0.3 is 6.03 Å². The number of aryl methyl sites for hydroxylation is 1. The van der Waals surface area contributed by atoms with E-state index in [1.165, 1.54) is 26.0 Å². The third kappa shape index (κ3) is 13.7. The molecular formula is C36H52N10O6Y-2. The number of hydrogen-bond acceptors (Lipinski definition) is 7. The van der Waals surface area contributed by atoms with Gasteiger partial charge in [0.1, 0.15) is 17.6 Å². The third-order valence-electron chi connectivity index (χ3n) is 8.99. The first-order valence-electron chi connectivity index (χ1n) is 17.0. The molecule has 3 rings (SSSR count). The van der Waals surface area contributed by atoms with Crippen molar-refractivity contribution in [3.63, 3.8) is 0 Å². The maximum Gasteiger partial charge on any atom is 0.315 e. The number of carbonyl (C=O) groups excluding carboxylic acids is 6. The fourth-order valence-electron chi connectivity index (χ4n) is 6.23. The minimum atomic E-state index is -1.34. The normalized spacial score (nSPS) is 15.8. The van der Waals surface area contributed by atoms with Crippen molar-refractivity contribution < 1.29 is 61.5 Å². The molecule has 1 radical (unpaired) electrons. The largest absolute Gasteiger partial charge is 0.654 e. The second kappa shape index (κ2) is 23.2. The number of nitrogens with zero attached hydrogens (tertiary/aromatic N) is 3. The number of fused-ring (bicyclic) bond motifs is 1. The van der Waals surface area contributed by atoms with Crippen LogP contribution in [-0.4, -0.2) is 98.3 Å². The molecule has 0 saturated heterocycles. The van der Waals surface area contributed by atoms with E-state index in [4.69, 9.17) is 16.3 Å². The predicted octanol–water partition coefficient (Wildman–Crippen LogP) is 0.194. The molecule has 0 bridgehead atoms. The molecule has 1 aliphatic rings. The van der Waals surface area contributed by atoms with Gasteiger partial charge in [0.05, 0.1) is 11.9 Å². The van der Waals surface area contributed by atoms with Crippen LogP contribution in [0.2, 0.25) is 0 Å². The summed E-state index contributed by atoms with van der Waals surface area (Å²) in [5.41, 5.74) is 17.6. The monoisotopic (exact) mass is 809 g/mol. The maximum absolute atomic E-state index is 14.3. The number of nitrogens with one attached hydrogen (secondary N) is 4. The molecule has 16 nitrogen and oxygen atoms in total. The molecule has 53 heavy (non-hydrogen) atoms. The molecule has 4 atom stereocenters. The molecule has 0 fully saturated rings. The van der Waals surface area contributed by atoms with Gasteiger partial charge in [0.2, 0.25) is 17.7 Å². The van der Waals surface area contributed by atoms with Gasteiger partial charge in [-0.2, -0.15) is 6.41 Å². The molecule has 0 aliphatic heterocycles. The summed E-state index contributed by atoms with van der Waals surface area (Å²) in [7, 11) is 4.33. The summed E-state index contributed by atoms with van der Waals surface area (Å²) in [6.07, 6.45) is 3.03. The van der Waals surface area contributed by atoms with Crippen molar-refractivity contribution in [3.05, 3.63) is 76.1 Å². The molecule has 2 aromatic carbocycles. The van der Waals surface area contributed by atoms with Crippen molar-refractivity contribution >= 4 is 42.0 Å². The van der Waals surface area contributed by atoms with E-state index in [-0.39, 0.29) is 64.5 Å². The van der Waals surface area contributed by atoms with Gasteiger partial charge in [0.15, 0.2) is 5.96 Å². The van der Waals surface area contributed by atoms with Crippen LogP contribution >= 0.6 is 0 Å². The summed E-state index contributed by atoms with van der Waals surface area (Å²) >= 11 is 0. The van der Waals surface area contributed by atoms with Crippen LogP contribution in [-0.2, 0) is 75.9 Å². The van der Waals surface area contributed by atoms with Crippen LogP contribution in [0.25, 0.3) is 5.32 Å². The Morgan fingerprint density at radius 2 is 1.70 bits per heavy atom. The molecule has 1 unspecified atom stereocenters. The first-order valence-corrected chi connectivity index (χ1v) is 17.0. The molecule has 17 heteroatoms. The van der Waals surface area contributed by atoms with Gasteiger partial charge in [-0.1, -0.05) is 55.5 Å². The Morgan fingerprint density at radius 3 is 2.28 bits per heavy atom. The second-order valence-electron chi connectivity index (χ2n) is 12.5. The van der Waals surface area contributed by atoms with Crippen molar-refractivity contribution in [2.24, 2.45) is 22.2 Å². The number of carbonyl (C=O) groups is 5. The van der Waals surface area contributed by atoms with Crippen LogP contribution in [0, 0.1) is 6.92 Å². The Labute approximate surface area is 336 Å². The Morgan fingerprint density at radius 1 is 1.04 bits per heavy atom. The van der Waals surface area contributed by atoms with E-state index >= 15 is 0 Å². The quantitative estimate of drug-likeness (QED) is 0.0429. The minimum Gasteiger partial charge on any atom is -0.654 e. The molecule has 0 heterocycles. The van der Waals surface area contributed by atoms with Crippen LogP contribution in [0.4, 0.5) is 4.79 Å². The number of urea groups is 1. The number of likely N-dealkylation sites (N-methyl/N-ethyl adjacent to an activating group) is 2. The van der Waals surface area contributed by atoms with Crippen molar-refractivity contribution in [1.29, 1.82) is 0 Å². The van der Waals surface area contributed by atoms with Gasteiger partial charge in [0.25, 0.3) is 0 Å². The zero-order chi connectivity index (χ0) is 38.8. The minimum absolute atomic E-state index is 0. The van der Waals surface area contributed by atoms with Gasteiger partial charge in [0, 0.05) is 66.2 Å². The van der Waals surface area contributed by atoms with Crippen LogP contribution in [0.3, 0.4) is 0 Å². The fourth-order valence-corrected chi connectivity index (χ4v) is 6.23. The first-order chi connectivity index (χ1) is 24.8. The molecule has 7 amide bonds. The molecule has 287 valence electrons. The van der Waals surface area contributed by atoms with Crippen molar-refractivity contribution in [3.8, 4) is 0 Å². The summed E-state index contributed by atoms with van der Waals surface area (Å²) < 4.78 is 0. The SMILES string of the molecule is CC[C@@H](C(=O)[N-]C)N(C)C(=O)[C@H](CCCN=C(N)N)NC(=O)[C@@H](Cc1ccccc1)NC(=O)C1(NC(=O)NC)CCc2c(C)cccc2C1.N[C-]=O.[Y]. The third-order valence-corrected chi connectivity index (χ3v) is 8.99. The smallest absolute Gasteiger partial charge is 0.315 e. The summed E-state index contributed by atoms with van der Waals surface area (Å²) in [5, 5.41) is 14.9. The van der Waals surface area contributed by atoms with E-state index in [2.05, 4.69) is 37.3 Å². The number of nitrogens with two attached hydrogens (primary N) is 3. The Balaban J connectivity index is 0.00000339. The first kappa shape index (κ1) is 46.5. The number of amides is 7. The van der Waals surface area contributed by atoms with Gasteiger partial charge in [-0.05, 0) is 61.3 Å². The molecule has 0 aromatic heterocycles. The Kier molecular flexibility index (Phi) is 20.3. The van der Waals surface area contributed by atoms with Crippen LogP contribution in [0.15, 0.2) is 53.5 Å². The van der Waals surface area contributed by atoms with Gasteiger partial charge in [-0.25, -0.2) is 4.79 Å². The van der Waals surface area contributed by atoms with E-state index in [9.17, 15) is 24.0 Å². The average molecular weight is 810 g/mol. The molecule has 0 spiro atoms. The van der Waals surface area contributed by atoms with Gasteiger partial charge in [-0.3, -0.25) is 19.4 Å².